The second-order valence-corrected chi connectivity index (χ2v) is 7.29. The molecule has 4 nitrogen and oxygen atoms in total. The summed E-state index contributed by atoms with van der Waals surface area (Å²) in [7, 11) is 2.79. The molecule has 15 heavy (non-hydrogen) atoms. The van der Waals surface area contributed by atoms with E-state index in [1.165, 1.54) is 0 Å². The lowest BCUT2D eigenvalue weighted by atomic mass is 10.2. The number of rotatable bonds is 7. The number of hydrogen-bond donors (Lipinski definition) is 0. The summed E-state index contributed by atoms with van der Waals surface area (Å²) >= 11 is 0. The molecule has 0 saturated carbocycles. The molecule has 0 aliphatic heterocycles. The first-order chi connectivity index (χ1) is 6.82. The lowest BCUT2D eigenvalue weighted by Gasteiger charge is -2.29. The van der Waals surface area contributed by atoms with Crippen LogP contribution >= 0.6 is 7.44 Å². The number of ketones is 1. The van der Waals surface area contributed by atoms with Crippen molar-refractivity contribution in [3.63, 3.8) is 0 Å². The van der Waals surface area contributed by atoms with Crippen LogP contribution in [0.3, 0.4) is 0 Å². The number of Topliss-reactive ketones (excluding diaryl/α,β-unsaturated/α-hetero) is 1. The van der Waals surface area contributed by atoms with Crippen molar-refractivity contribution < 1.29 is 9.36 Å². The second-order valence-electron chi connectivity index (χ2n) is 4.14. The van der Waals surface area contributed by atoms with Gasteiger partial charge in [0, 0.05) is 13.1 Å². The van der Waals surface area contributed by atoms with E-state index in [9.17, 15) is 9.36 Å². The number of unbranched alkanes of at least 4 members (excludes halogenated alkanes) is 1. The molecule has 0 aromatic carbocycles. The maximum Gasteiger partial charge on any atom is 0.213 e. The van der Waals surface area contributed by atoms with Crippen molar-refractivity contribution in [2.45, 2.75) is 26.2 Å². The largest absolute Gasteiger partial charge is 0.298 e. The molecule has 0 radical (unpaired) electrons. The molecular weight excluding hydrogens is 211 g/mol. The van der Waals surface area contributed by atoms with E-state index in [0.717, 1.165) is 12.8 Å². The highest BCUT2D eigenvalue weighted by Crippen LogP contribution is 2.45. The van der Waals surface area contributed by atoms with Crippen LogP contribution in [0.5, 0.6) is 0 Å². The molecule has 0 amide bonds. The van der Waals surface area contributed by atoms with Crippen LogP contribution in [-0.2, 0) is 9.36 Å². The van der Waals surface area contributed by atoms with Gasteiger partial charge >= 0.3 is 0 Å². The smallest absolute Gasteiger partial charge is 0.213 e. The van der Waals surface area contributed by atoms with Crippen molar-refractivity contribution >= 4 is 13.2 Å². The summed E-state index contributed by atoms with van der Waals surface area (Å²) in [6.45, 7) is 4.02. The minimum atomic E-state index is -2.50. The Morgan fingerprint density at radius 1 is 1.27 bits per heavy atom. The Balaban J connectivity index is 4.18. The van der Waals surface area contributed by atoms with Gasteiger partial charge in [-0.3, -0.25) is 9.36 Å². The minimum Gasteiger partial charge on any atom is -0.298 e. The molecule has 0 rings (SSSR count). The molecule has 0 spiro atoms. The van der Waals surface area contributed by atoms with Crippen LogP contribution in [0.25, 0.3) is 0 Å². The maximum atomic E-state index is 12.1. The topological polar surface area (TPSA) is 40.6 Å². The van der Waals surface area contributed by atoms with Crippen molar-refractivity contribution in [2.24, 2.45) is 0 Å². The standard InChI is InChI=1S/C10H23N2O2P/c1-6-7-8-10(13)9-12(4)15(5,14)11(2)3/h6-9H2,1-5H3. The molecule has 0 aromatic heterocycles. The van der Waals surface area contributed by atoms with Gasteiger partial charge in [-0.05, 0) is 27.6 Å². The molecule has 1 unspecified atom stereocenters. The summed E-state index contributed by atoms with van der Waals surface area (Å²) in [5.74, 6) is 0.170. The minimum absolute atomic E-state index is 0.170. The number of likely N-dealkylation sites (N-methyl/N-ethyl adjacent to an activating group) is 1. The van der Waals surface area contributed by atoms with Gasteiger partial charge in [0.15, 0.2) is 0 Å². The third-order valence-electron chi connectivity index (χ3n) is 2.59. The van der Waals surface area contributed by atoms with Crippen LogP contribution in [0.1, 0.15) is 26.2 Å². The van der Waals surface area contributed by atoms with Crippen LogP contribution in [0.15, 0.2) is 0 Å². The van der Waals surface area contributed by atoms with E-state index < -0.39 is 7.44 Å². The zero-order chi connectivity index (χ0) is 12.1. The predicted molar refractivity (Wildman–Crippen MR) is 64.4 cm³/mol. The first kappa shape index (κ1) is 14.8. The van der Waals surface area contributed by atoms with Crippen LogP contribution in [0, 0.1) is 0 Å². The van der Waals surface area contributed by atoms with Crippen LogP contribution in [0.2, 0.25) is 0 Å². The molecule has 0 aliphatic carbocycles. The number of hydrogen-bond acceptors (Lipinski definition) is 2. The first-order valence-corrected chi connectivity index (χ1v) is 7.37. The molecule has 0 N–H and O–H groups in total. The van der Waals surface area contributed by atoms with E-state index in [2.05, 4.69) is 6.92 Å². The summed E-state index contributed by atoms with van der Waals surface area (Å²) in [6, 6.07) is 0. The van der Waals surface area contributed by atoms with Crippen molar-refractivity contribution in [1.29, 1.82) is 0 Å². The number of carbonyl (C=O) groups excluding carboxylic acids is 1. The van der Waals surface area contributed by atoms with Crippen LogP contribution < -0.4 is 0 Å². The predicted octanol–water partition coefficient (Wildman–Crippen LogP) is 2.06. The Morgan fingerprint density at radius 2 is 1.80 bits per heavy atom. The Hall–Kier alpha value is -0.180. The number of nitrogens with zero attached hydrogens (tertiary/aromatic N) is 2. The summed E-state index contributed by atoms with van der Waals surface area (Å²) in [5.41, 5.74) is 0. The third kappa shape index (κ3) is 4.92. The normalized spacial score (nSPS) is 15.7. The Kier molecular flexibility index (Phi) is 6.34. The van der Waals surface area contributed by atoms with Crippen LogP contribution in [-0.4, -0.2) is 49.5 Å². The van der Waals surface area contributed by atoms with Gasteiger partial charge in [-0.25, -0.2) is 9.34 Å². The lowest BCUT2D eigenvalue weighted by molar-refractivity contribution is -0.119. The summed E-state index contributed by atoms with van der Waals surface area (Å²) in [6.07, 6.45) is 2.53. The number of carbonyl (C=O) groups is 1. The monoisotopic (exact) mass is 234 g/mol. The zero-order valence-electron chi connectivity index (χ0n) is 10.5. The van der Waals surface area contributed by atoms with Gasteiger partial charge in [0.1, 0.15) is 5.78 Å². The molecular formula is C10H23N2O2P. The van der Waals surface area contributed by atoms with Gasteiger partial charge in [0.25, 0.3) is 0 Å². The van der Waals surface area contributed by atoms with Crippen molar-refractivity contribution in [2.75, 3.05) is 34.4 Å². The molecule has 5 heteroatoms. The lowest BCUT2D eigenvalue weighted by Crippen LogP contribution is -2.28. The molecule has 90 valence electrons. The Bertz CT molecular complexity index is 254. The van der Waals surface area contributed by atoms with Gasteiger partial charge in [-0.15, -0.1) is 0 Å². The van der Waals surface area contributed by atoms with Gasteiger partial charge in [-0.1, -0.05) is 13.3 Å². The van der Waals surface area contributed by atoms with Gasteiger partial charge < -0.3 is 0 Å². The zero-order valence-corrected chi connectivity index (χ0v) is 11.4. The van der Waals surface area contributed by atoms with E-state index in [1.807, 2.05) is 0 Å². The highest BCUT2D eigenvalue weighted by molar-refractivity contribution is 7.58. The maximum absolute atomic E-state index is 12.1. The summed E-state index contributed by atoms with van der Waals surface area (Å²) in [4.78, 5) is 11.5. The average molecular weight is 234 g/mol. The summed E-state index contributed by atoms with van der Waals surface area (Å²) < 4.78 is 15.5. The van der Waals surface area contributed by atoms with Crippen molar-refractivity contribution in [1.82, 2.24) is 9.34 Å². The third-order valence-corrected chi connectivity index (χ3v) is 5.48. The van der Waals surface area contributed by atoms with Crippen LogP contribution in [0.4, 0.5) is 0 Å². The van der Waals surface area contributed by atoms with Gasteiger partial charge in [0.2, 0.25) is 7.44 Å². The Morgan fingerprint density at radius 3 is 2.20 bits per heavy atom. The second kappa shape index (κ2) is 6.41. The fraction of sp³-hybridized carbons (Fsp3) is 0.900. The molecule has 0 heterocycles. The average Bonchev–Trinajstić information content (AvgIpc) is 2.14. The molecule has 0 fully saturated rings. The fourth-order valence-electron chi connectivity index (χ4n) is 1.14. The molecule has 0 bridgehead atoms. The van der Waals surface area contributed by atoms with E-state index in [4.69, 9.17) is 0 Å². The fourth-order valence-corrected chi connectivity index (χ4v) is 2.18. The molecule has 0 aliphatic rings. The SMILES string of the molecule is CCCCC(=O)CN(C)P(C)(=O)N(C)C. The van der Waals surface area contributed by atoms with E-state index in [0.29, 0.717) is 6.42 Å². The quantitative estimate of drug-likeness (QED) is 0.632. The van der Waals surface area contributed by atoms with E-state index in [1.54, 1.807) is 37.1 Å². The van der Waals surface area contributed by atoms with Gasteiger partial charge in [-0.2, -0.15) is 0 Å². The molecule has 1 atom stereocenters. The first-order valence-electron chi connectivity index (χ1n) is 5.31. The molecule has 0 saturated heterocycles. The highest BCUT2D eigenvalue weighted by atomic mass is 31.2. The van der Waals surface area contributed by atoms with Gasteiger partial charge in [0.05, 0.1) is 6.54 Å². The van der Waals surface area contributed by atoms with E-state index in [-0.39, 0.29) is 12.3 Å². The molecule has 0 aromatic rings. The Labute approximate surface area is 93.1 Å². The summed E-state index contributed by atoms with van der Waals surface area (Å²) in [5, 5.41) is 0. The van der Waals surface area contributed by atoms with Crippen molar-refractivity contribution in [3.8, 4) is 0 Å². The highest BCUT2D eigenvalue weighted by Gasteiger charge is 2.25. The van der Waals surface area contributed by atoms with E-state index >= 15 is 0 Å². The van der Waals surface area contributed by atoms with Crippen molar-refractivity contribution in [3.05, 3.63) is 0 Å².